The molecule has 4 nitrogen and oxygen atoms in total. The molecule has 1 saturated heterocycles. The van der Waals surface area contributed by atoms with Crippen LogP contribution in [0.2, 0.25) is 5.02 Å². The van der Waals surface area contributed by atoms with E-state index >= 15 is 0 Å². The van der Waals surface area contributed by atoms with Crippen molar-refractivity contribution in [1.82, 2.24) is 5.32 Å². The van der Waals surface area contributed by atoms with E-state index in [2.05, 4.69) is 10.6 Å². The Balaban J connectivity index is 2.14. The number of hydrogen-bond donors (Lipinski definition) is 2. The summed E-state index contributed by atoms with van der Waals surface area (Å²) in [6, 6.07) is 4.14. The predicted octanol–water partition coefficient (Wildman–Crippen LogP) is 2.91. The van der Waals surface area contributed by atoms with Gasteiger partial charge < -0.3 is 20.1 Å². The van der Waals surface area contributed by atoms with Crippen molar-refractivity contribution >= 4 is 17.3 Å². The van der Waals surface area contributed by atoms with Gasteiger partial charge in [0.2, 0.25) is 0 Å². The molecule has 1 heterocycles. The molecular weight excluding hydrogens is 264 g/mol. The summed E-state index contributed by atoms with van der Waals surface area (Å²) in [5.74, 6) is 1.35. The highest BCUT2D eigenvalue weighted by Crippen LogP contribution is 2.36. The number of halogens is 1. The van der Waals surface area contributed by atoms with Gasteiger partial charge in [0, 0.05) is 18.2 Å². The molecule has 0 spiro atoms. The molecule has 106 valence electrons. The van der Waals surface area contributed by atoms with Gasteiger partial charge in [0.1, 0.15) is 0 Å². The first-order valence-electron chi connectivity index (χ1n) is 6.63. The van der Waals surface area contributed by atoms with E-state index in [9.17, 15) is 0 Å². The number of rotatable bonds is 4. The monoisotopic (exact) mass is 284 g/mol. The Hall–Kier alpha value is -1.13. The Morgan fingerprint density at radius 1 is 1.16 bits per heavy atom. The molecule has 2 N–H and O–H groups in total. The zero-order valence-electron chi connectivity index (χ0n) is 11.5. The van der Waals surface area contributed by atoms with Crippen molar-refractivity contribution in [2.75, 3.05) is 32.6 Å². The van der Waals surface area contributed by atoms with Crippen LogP contribution in [0.1, 0.15) is 19.3 Å². The van der Waals surface area contributed by atoms with E-state index in [0.717, 1.165) is 31.6 Å². The molecule has 2 rings (SSSR count). The SMILES string of the molecule is COc1cc(Cl)c(NC2CCCNCC2)cc1OC. The summed E-state index contributed by atoms with van der Waals surface area (Å²) in [6.07, 6.45) is 3.44. The molecule has 1 fully saturated rings. The summed E-state index contributed by atoms with van der Waals surface area (Å²) in [5, 5.41) is 7.57. The Morgan fingerprint density at radius 3 is 2.63 bits per heavy atom. The molecule has 1 unspecified atom stereocenters. The fourth-order valence-corrected chi connectivity index (χ4v) is 2.56. The maximum Gasteiger partial charge on any atom is 0.162 e. The predicted molar refractivity (Wildman–Crippen MR) is 78.7 cm³/mol. The third kappa shape index (κ3) is 3.67. The van der Waals surface area contributed by atoms with Crippen molar-refractivity contribution in [2.24, 2.45) is 0 Å². The first kappa shape index (κ1) is 14.3. The Morgan fingerprint density at radius 2 is 1.89 bits per heavy atom. The van der Waals surface area contributed by atoms with E-state index in [4.69, 9.17) is 21.1 Å². The van der Waals surface area contributed by atoms with Gasteiger partial charge in [-0.2, -0.15) is 0 Å². The lowest BCUT2D eigenvalue weighted by Crippen LogP contribution is -2.21. The highest BCUT2D eigenvalue weighted by atomic mass is 35.5. The summed E-state index contributed by atoms with van der Waals surface area (Å²) in [5.41, 5.74) is 0.909. The molecule has 19 heavy (non-hydrogen) atoms. The smallest absolute Gasteiger partial charge is 0.162 e. The van der Waals surface area contributed by atoms with E-state index in [1.807, 2.05) is 6.07 Å². The summed E-state index contributed by atoms with van der Waals surface area (Å²) in [7, 11) is 3.24. The Bertz CT molecular complexity index is 418. The second-order valence-electron chi connectivity index (χ2n) is 4.71. The van der Waals surface area contributed by atoms with Crippen molar-refractivity contribution in [3.63, 3.8) is 0 Å². The quantitative estimate of drug-likeness (QED) is 0.892. The third-order valence-corrected chi connectivity index (χ3v) is 3.72. The highest BCUT2D eigenvalue weighted by Gasteiger charge is 2.15. The first-order chi connectivity index (χ1) is 9.24. The van der Waals surface area contributed by atoms with Gasteiger partial charge in [-0.1, -0.05) is 11.6 Å². The van der Waals surface area contributed by atoms with E-state index in [1.54, 1.807) is 20.3 Å². The fraction of sp³-hybridized carbons (Fsp3) is 0.571. The molecular formula is C14H21ClN2O2. The molecule has 0 bridgehead atoms. The zero-order chi connectivity index (χ0) is 13.7. The molecule has 1 aliphatic heterocycles. The van der Waals surface area contributed by atoms with Crippen LogP contribution in [0.4, 0.5) is 5.69 Å². The second-order valence-corrected chi connectivity index (χ2v) is 5.12. The molecule has 0 aliphatic carbocycles. The van der Waals surface area contributed by atoms with Crippen LogP contribution < -0.4 is 20.1 Å². The molecule has 1 aliphatic rings. The number of ether oxygens (including phenoxy) is 2. The zero-order valence-corrected chi connectivity index (χ0v) is 12.2. The minimum atomic E-state index is 0.450. The molecule has 1 aromatic carbocycles. The van der Waals surface area contributed by atoms with Gasteiger partial charge in [-0.05, 0) is 32.4 Å². The molecule has 5 heteroatoms. The lowest BCUT2D eigenvalue weighted by Gasteiger charge is -2.19. The fourth-order valence-electron chi connectivity index (χ4n) is 2.35. The number of methoxy groups -OCH3 is 2. The van der Waals surface area contributed by atoms with Crippen LogP contribution in [0.3, 0.4) is 0 Å². The molecule has 1 aromatic rings. The van der Waals surface area contributed by atoms with Crippen molar-refractivity contribution in [3.05, 3.63) is 17.2 Å². The lowest BCUT2D eigenvalue weighted by atomic mass is 10.1. The normalized spacial score (nSPS) is 19.6. The van der Waals surface area contributed by atoms with E-state index in [-0.39, 0.29) is 0 Å². The molecule has 0 saturated carbocycles. The van der Waals surface area contributed by atoms with Crippen LogP contribution in [0, 0.1) is 0 Å². The third-order valence-electron chi connectivity index (χ3n) is 3.41. The van der Waals surface area contributed by atoms with Crippen LogP contribution in [-0.2, 0) is 0 Å². The average Bonchev–Trinajstić information content (AvgIpc) is 2.69. The summed E-state index contributed by atoms with van der Waals surface area (Å²) in [6.45, 7) is 2.14. The van der Waals surface area contributed by atoms with Crippen LogP contribution in [0.25, 0.3) is 0 Å². The van der Waals surface area contributed by atoms with Gasteiger partial charge in [0.05, 0.1) is 24.9 Å². The second kappa shape index (κ2) is 6.87. The summed E-state index contributed by atoms with van der Waals surface area (Å²) >= 11 is 6.28. The van der Waals surface area contributed by atoms with E-state index in [1.165, 1.54) is 6.42 Å². The maximum absolute atomic E-state index is 6.28. The highest BCUT2D eigenvalue weighted by molar-refractivity contribution is 6.33. The van der Waals surface area contributed by atoms with Gasteiger partial charge in [-0.3, -0.25) is 0 Å². The number of anilines is 1. The standard InChI is InChI=1S/C14H21ClN2O2/c1-18-13-8-11(15)12(9-14(13)19-2)17-10-4-3-6-16-7-5-10/h8-10,16-17H,3-7H2,1-2H3. The number of hydrogen-bond acceptors (Lipinski definition) is 4. The summed E-state index contributed by atoms with van der Waals surface area (Å²) in [4.78, 5) is 0. The minimum absolute atomic E-state index is 0.450. The van der Waals surface area contributed by atoms with Crippen molar-refractivity contribution in [1.29, 1.82) is 0 Å². The largest absolute Gasteiger partial charge is 0.493 e. The molecule has 1 atom stereocenters. The Labute approximate surface area is 119 Å². The number of nitrogens with one attached hydrogen (secondary N) is 2. The van der Waals surface area contributed by atoms with Crippen LogP contribution in [-0.4, -0.2) is 33.4 Å². The molecule has 0 aromatic heterocycles. The minimum Gasteiger partial charge on any atom is -0.493 e. The lowest BCUT2D eigenvalue weighted by molar-refractivity contribution is 0.355. The van der Waals surface area contributed by atoms with E-state index in [0.29, 0.717) is 22.6 Å². The Kier molecular flexibility index (Phi) is 5.16. The molecule has 0 radical (unpaired) electrons. The van der Waals surface area contributed by atoms with Gasteiger partial charge in [-0.25, -0.2) is 0 Å². The topological polar surface area (TPSA) is 42.5 Å². The van der Waals surface area contributed by atoms with Crippen LogP contribution >= 0.6 is 11.6 Å². The number of benzene rings is 1. The van der Waals surface area contributed by atoms with Crippen LogP contribution in [0.15, 0.2) is 12.1 Å². The van der Waals surface area contributed by atoms with Crippen molar-refractivity contribution in [3.8, 4) is 11.5 Å². The van der Waals surface area contributed by atoms with Crippen LogP contribution in [0.5, 0.6) is 11.5 Å². The van der Waals surface area contributed by atoms with Crippen molar-refractivity contribution in [2.45, 2.75) is 25.3 Å². The van der Waals surface area contributed by atoms with Gasteiger partial charge >= 0.3 is 0 Å². The van der Waals surface area contributed by atoms with Gasteiger partial charge in [0.15, 0.2) is 11.5 Å². The van der Waals surface area contributed by atoms with Gasteiger partial charge in [0.25, 0.3) is 0 Å². The molecule has 0 amide bonds. The van der Waals surface area contributed by atoms with E-state index < -0.39 is 0 Å². The summed E-state index contributed by atoms with van der Waals surface area (Å²) < 4.78 is 10.5. The average molecular weight is 285 g/mol. The van der Waals surface area contributed by atoms with Gasteiger partial charge in [-0.15, -0.1) is 0 Å². The maximum atomic E-state index is 6.28. The first-order valence-corrected chi connectivity index (χ1v) is 7.01. The van der Waals surface area contributed by atoms with Crippen molar-refractivity contribution < 1.29 is 9.47 Å².